The Hall–Kier alpha value is -2.17. The number of nitrogens with one attached hydrogen (secondary N) is 1. The summed E-state index contributed by atoms with van der Waals surface area (Å²) in [6, 6.07) is 3.66. The van der Waals surface area contributed by atoms with Crippen molar-refractivity contribution in [2.45, 2.75) is 40.3 Å². The number of aryl methyl sites for hydroxylation is 3. The molecular weight excluding hydrogens is 252 g/mol. The van der Waals surface area contributed by atoms with Crippen molar-refractivity contribution in [1.29, 1.82) is 0 Å². The summed E-state index contributed by atoms with van der Waals surface area (Å²) in [5, 5.41) is 2.90. The molecule has 1 N–H and O–H groups in total. The quantitative estimate of drug-likeness (QED) is 0.908. The summed E-state index contributed by atoms with van der Waals surface area (Å²) in [5.41, 5.74) is 2.28. The van der Waals surface area contributed by atoms with Gasteiger partial charge in [-0.2, -0.15) is 0 Å². The van der Waals surface area contributed by atoms with Crippen LogP contribution >= 0.6 is 0 Å². The average molecular weight is 272 g/mol. The minimum absolute atomic E-state index is 0.110. The van der Waals surface area contributed by atoms with Gasteiger partial charge in [0.15, 0.2) is 0 Å². The zero-order chi connectivity index (χ0) is 14.5. The predicted octanol–water partition coefficient (Wildman–Crippen LogP) is 2.23. The van der Waals surface area contributed by atoms with Crippen LogP contribution in [0.3, 0.4) is 0 Å². The first-order valence-corrected chi connectivity index (χ1v) is 6.84. The highest BCUT2D eigenvalue weighted by molar-refractivity contribution is 5.95. The van der Waals surface area contributed by atoms with Gasteiger partial charge in [0.25, 0.3) is 5.91 Å². The van der Waals surface area contributed by atoms with Crippen LogP contribution in [0, 0.1) is 13.8 Å². The molecule has 0 aliphatic carbocycles. The molecule has 5 nitrogen and oxygen atoms in total. The molecule has 2 heterocycles. The Balaban J connectivity index is 2.03. The molecule has 0 spiro atoms. The minimum Gasteiger partial charge on any atom is -0.345 e. The lowest BCUT2D eigenvalue weighted by Crippen LogP contribution is -2.25. The second kappa shape index (κ2) is 6.32. The largest absolute Gasteiger partial charge is 0.345 e. The van der Waals surface area contributed by atoms with Crippen molar-refractivity contribution in [3.63, 3.8) is 0 Å². The molecule has 2 rings (SSSR count). The van der Waals surface area contributed by atoms with Gasteiger partial charge in [-0.1, -0.05) is 6.92 Å². The van der Waals surface area contributed by atoms with E-state index in [1.807, 2.05) is 32.2 Å². The van der Waals surface area contributed by atoms with Crippen molar-refractivity contribution in [2.24, 2.45) is 0 Å². The Morgan fingerprint density at radius 3 is 2.85 bits per heavy atom. The standard InChI is InChI=1S/C15H20N4O/c1-4-8-19-9-7-16-14(19)10-17-15(20)13-6-5-11(2)18-12(13)3/h5-7,9H,4,8,10H2,1-3H3,(H,17,20). The van der Waals surface area contributed by atoms with Gasteiger partial charge < -0.3 is 9.88 Å². The molecule has 0 aliphatic heterocycles. The number of hydrogen-bond donors (Lipinski definition) is 1. The summed E-state index contributed by atoms with van der Waals surface area (Å²) >= 11 is 0. The highest BCUT2D eigenvalue weighted by atomic mass is 16.1. The third kappa shape index (κ3) is 3.23. The van der Waals surface area contributed by atoms with Gasteiger partial charge in [0.2, 0.25) is 0 Å². The van der Waals surface area contributed by atoms with Crippen molar-refractivity contribution < 1.29 is 4.79 Å². The van der Waals surface area contributed by atoms with Crippen molar-refractivity contribution in [2.75, 3.05) is 0 Å². The molecule has 0 radical (unpaired) electrons. The van der Waals surface area contributed by atoms with Crippen LogP contribution in [-0.2, 0) is 13.1 Å². The summed E-state index contributed by atoms with van der Waals surface area (Å²) in [6.07, 6.45) is 4.73. The van der Waals surface area contributed by atoms with Gasteiger partial charge in [0.1, 0.15) is 5.82 Å². The molecule has 0 bridgehead atoms. The lowest BCUT2D eigenvalue weighted by atomic mass is 10.2. The van der Waals surface area contributed by atoms with Gasteiger partial charge in [-0.3, -0.25) is 9.78 Å². The number of imidazole rings is 1. The van der Waals surface area contributed by atoms with Crippen LogP contribution in [0.25, 0.3) is 0 Å². The zero-order valence-corrected chi connectivity index (χ0v) is 12.2. The average Bonchev–Trinajstić information content (AvgIpc) is 2.84. The molecular formula is C15H20N4O. The maximum Gasteiger partial charge on any atom is 0.253 e. The lowest BCUT2D eigenvalue weighted by Gasteiger charge is -2.09. The van der Waals surface area contributed by atoms with Crippen molar-refractivity contribution in [3.05, 3.63) is 47.3 Å². The van der Waals surface area contributed by atoms with E-state index in [1.165, 1.54) is 0 Å². The SMILES string of the molecule is CCCn1ccnc1CNC(=O)c1ccc(C)nc1C. The Kier molecular flexibility index (Phi) is 4.50. The smallest absolute Gasteiger partial charge is 0.253 e. The van der Waals surface area contributed by atoms with Gasteiger partial charge >= 0.3 is 0 Å². The molecule has 0 aromatic carbocycles. The maximum atomic E-state index is 12.2. The van der Waals surface area contributed by atoms with Crippen molar-refractivity contribution >= 4 is 5.91 Å². The van der Waals surface area contributed by atoms with E-state index >= 15 is 0 Å². The molecule has 5 heteroatoms. The van der Waals surface area contributed by atoms with E-state index in [0.29, 0.717) is 12.1 Å². The number of rotatable bonds is 5. The molecule has 1 amide bonds. The van der Waals surface area contributed by atoms with Crippen LogP contribution in [0.1, 0.15) is 40.9 Å². The second-order valence-electron chi connectivity index (χ2n) is 4.81. The normalized spacial score (nSPS) is 10.6. The van der Waals surface area contributed by atoms with Crippen molar-refractivity contribution in [1.82, 2.24) is 19.9 Å². The van der Waals surface area contributed by atoms with Crippen LogP contribution in [0.4, 0.5) is 0 Å². The molecule has 20 heavy (non-hydrogen) atoms. The number of carbonyl (C=O) groups excluding carboxylic acids is 1. The molecule has 0 aliphatic rings. The number of nitrogens with zero attached hydrogens (tertiary/aromatic N) is 3. The van der Waals surface area contributed by atoms with Crippen LogP contribution in [0.2, 0.25) is 0 Å². The first-order valence-electron chi connectivity index (χ1n) is 6.84. The van der Waals surface area contributed by atoms with Crippen LogP contribution in [-0.4, -0.2) is 20.4 Å². The third-order valence-electron chi connectivity index (χ3n) is 3.14. The fourth-order valence-electron chi connectivity index (χ4n) is 2.13. The summed E-state index contributed by atoms with van der Waals surface area (Å²) in [5.74, 6) is 0.763. The fraction of sp³-hybridized carbons (Fsp3) is 0.400. The van der Waals surface area contributed by atoms with Gasteiger partial charge in [-0.05, 0) is 32.4 Å². The highest BCUT2D eigenvalue weighted by Crippen LogP contribution is 2.07. The van der Waals surface area contributed by atoms with Crippen LogP contribution in [0.5, 0.6) is 0 Å². The molecule has 106 valence electrons. The number of carbonyl (C=O) groups is 1. The number of aromatic nitrogens is 3. The third-order valence-corrected chi connectivity index (χ3v) is 3.14. The Morgan fingerprint density at radius 1 is 1.35 bits per heavy atom. The van der Waals surface area contributed by atoms with Crippen LogP contribution < -0.4 is 5.32 Å². The molecule has 2 aromatic rings. The summed E-state index contributed by atoms with van der Waals surface area (Å²) in [6.45, 7) is 7.22. The minimum atomic E-state index is -0.110. The Labute approximate surface area is 119 Å². The molecule has 2 aromatic heterocycles. The van der Waals surface area contributed by atoms with Gasteiger partial charge in [-0.25, -0.2) is 4.98 Å². The first kappa shape index (κ1) is 14.2. The molecule has 0 unspecified atom stereocenters. The Bertz CT molecular complexity index is 604. The first-order chi connectivity index (χ1) is 9.61. The summed E-state index contributed by atoms with van der Waals surface area (Å²) in [4.78, 5) is 20.7. The van der Waals surface area contributed by atoms with E-state index in [4.69, 9.17) is 0 Å². The highest BCUT2D eigenvalue weighted by Gasteiger charge is 2.11. The second-order valence-corrected chi connectivity index (χ2v) is 4.81. The molecule has 0 atom stereocenters. The topological polar surface area (TPSA) is 59.8 Å². The van der Waals surface area contributed by atoms with Crippen molar-refractivity contribution in [3.8, 4) is 0 Å². The molecule has 0 saturated heterocycles. The van der Waals surface area contributed by atoms with Gasteiger partial charge in [0.05, 0.1) is 17.8 Å². The number of amides is 1. The lowest BCUT2D eigenvalue weighted by molar-refractivity contribution is 0.0948. The number of hydrogen-bond acceptors (Lipinski definition) is 3. The van der Waals surface area contributed by atoms with E-state index in [2.05, 4.69) is 26.8 Å². The Morgan fingerprint density at radius 2 is 2.15 bits per heavy atom. The van der Waals surface area contributed by atoms with Gasteiger partial charge in [-0.15, -0.1) is 0 Å². The summed E-state index contributed by atoms with van der Waals surface area (Å²) in [7, 11) is 0. The summed E-state index contributed by atoms with van der Waals surface area (Å²) < 4.78 is 2.06. The molecule has 0 saturated carbocycles. The molecule has 0 fully saturated rings. The maximum absolute atomic E-state index is 12.2. The van der Waals surface area contributed by atoms with E-state index < -0.39 is 0 Å². The van der Waals surface area contributed by atoms with Crippen LogP contribution in [0.15, 0.2) is 24.5 Å². The van der Waals surface area contributed by atoms with Gasteiger partial charge in [0, 0.05) is 24.6 Å². The van der Waals surface area contributed by atoms with E-state index in [-0.39, 0.29) is 5.91 Å². The number of pyridine rings is 1. The fourth-order valence-corrected chi connectivity index (χ4v) is 2.13. The predicted molar refractivity (Wildman–Crippen MR) is 77.4 cm³/mol. The monoisotopic (exact) mass is 272 g/mol. The van der Waals surface area contributed by atoms with E-state index in [9.17, 15) is 4.79 Å². The zero-order valence-electron chi connectivity index (χ0n) is 12.2. The van der Waals surface area contributed by atoms with E-state index in [0.717, 1.165) is 30.2 Å². The van der Waals surface area contributed by atoms with E-state index in [1.54, 1.807) is 6.20 Å².